The number of rotatable bonds is 1. The summed E-state index contributed by atoms with van der Waals surface area (Å²) in [5, 5.41) is 3.42. The Bertz CT molecular complexity index is 521. The molecular weight excluding hydrogens is 198 g/mol. The molecule has 3 nitrogen and oxygen atoms in total. The minimum absolute atomic E-state index is 0.576. The number of aromatic nitrogens is 2. The lowest BCUT2D eigenvalue weighted by molar-refractivity contribution is 0.548. The van der Waals surface area contributed by atoms with Gasteiger partial charge in [-0.05, 0) is 44.5 Å². The first-order chi connectivity index (χ1) is 7.75. The lowest BCUT2D eigenvalue weighted by atomic mass is 10.2. The predicted octanol–water partition coefficient (Wildman–Crippen LogP) is 2.19. The topological polar surface area (TPSA) is 29.9 Å². The second kappa shape index (κ2) is 3.59. The van der Waals surface area contributed by atoms with Gasteiger partial charge in [0.25, 0.3) is 0 Å². The first-order valence-corrected chi connectivity index (χ1v) is 5.91. The molecule has 0 amide bonds. The number of nitrogens with zero attached hydrogens (tertiary/aromatic N) is 2. The van der Waals surface area contributed by atoms with Gasteiger partial charge in [-0.1, -0.05) is 6.07 Å². The molecule has 0 bridgehead atoms. The van der Waals surface area contributed by atoms with Crippen molar-refractivity contribution < 1.29 is 0 Å². The van der Waals surface area contributed by atoms with E-state index in [1.807, 2.05) is 0 Å². The van der Waals surface area contributed by atoms with Crippen LogP contribution in [0.1, 0.15) is 23.9 Å². The average Bonchev–Trinajstić information content (AvgIpc) is 2.83. The molecule has 0 aliphatic carbocycles. The molecule has 1 aromatic heterocycles. The number of fused-ring (bicyclic) bond motifs is 1. The summed E-state index contributed by atoms with van der Waals surface area (Å²) in [4.78, 5) is 4.63. The molecule has 84 valence electrons. The van der Waals surface area contributed by atoms with E-state index in [0.717, 1.165) is 24.4 Å². The molecule has 2 aromatic rings. The average molecular weight is 215 g/mol. The summed E-state index contributed by atoms with van der Waals surface area (Å²) in [6.45, 7) is 6.43. The molecule has 0 saturated carbocycles. The first kappa shape index (κ1) is 9.85. The zero-order valence-electron chi connectivity index (χ0n) is 9.83. The van der Waals surface area contributed by atoms with Gasteiger partial charge in [0.05, 0.1) is 11.0 Å². The van der Waals surface area contributed by atoms with Crippen LogP contribution in [0.25, 0.3) is 11.0 Å². The summed E-state index contributed by atoms with van der Waals surface area (Å²) in [7, 11) is 0. The molecule has 1 aliphatic heterocycles. The molecular formula is C13H17N3. The van der Waals surface area contributed by atoms with Crippen molar-refractivity contribution in [1.29, 1.82) is 0 Å². The van der Waals surface area contributed by atoms with E-state index < -0.39 is 0 Å². The van der Waals surface area contributed by atoms with E-state index in [-0.39, 0.29) is 0 Å². The van der Waals surface area contributed by atoms with E-state index in [1.54, 1.807) is 0 Å². The van der Waals surface area contributed by atoms with Gasteiger partial charge < -0.3 is 9.88 Å². The van der Waals surface area contributed by atoms with Gasteiger partial charge in [-0.3, -0.25) is 0 Å². The van der Waals surface area contributed by atoms with Crippen molar-refractivity contribution >= 4 is 11.0 Å². The summed E-state index contributed by atoms with van der Waals surface area (Å²) < 4.78 is 2.39. The molecule has 0 radical (unpaired) electrons. The lowest BCUT2D eigenvalue weighted by Gasteiger charge is -2.14. The Labute approximate surface area is 95.5 Å². The highest BCUT2D eigenvalue weighted by molar-refractivity contribution is 5.77. The third-order valence-electron chi connectivity index (χ3n) is 3.42. The summed E-state index contributed by atoms with van der Waals surface area (Å²) >= 11 is 0. The maximum atomic E-state index is 4.63. The lowest BCUT2D eigenvalue weighted by Crippen LogP contribution is -2.14. The highest BCUT2D eigenvalue weighted by Gasteiger charge is 2.20. The largest absolute Gasteiger partial charge is 0.324 e. The zero-order valence-corrected chi connectivity index (χ0v) is 9.83. The van der Waals surface area contributed by atoms with Gasteiger partial charge in [0.1, 0.15) is 5.82 Å². The first-order valence-electron chi connectivity index (χ1n) is 5.91. The standard InChI is InChI=1S/C13H17N3/c1-9-3-4-12-13(7-9)16(10(2)15-12)11-5-6-14-8-11/h3-4,7,11,14H,5-6,8H2,1-2H3. The molecule has 1 unspecified atom stereocenters. The van der Waals surface area contributed by atoms with Crippen LogP contribution < -0.4 is 5.32 Å². The van der Waals surface area contributed by atoms with E-state index in [2.05, 4.69) is 46.9 Å². The molecule has 1 aliphatic rings. The fraction of sp³-hybridized carbons (Fsp3) is 0.462. The molecule has 3 heteroatoms. The van der Waals surface area contributed by atoms with E-state index >= 15 is 0 Å². The monoisotopic (exact) mass is 215 g/mol. The highest BCUT2D eigenvalue weighted by atomic mass is 15.1. The maximum Gasteiger partial charge on any atom is 0.107 e. The molecule has 0 spiro atoms. The maximum absolute atomic E-state index is 4.63. The molecule has 1 N–H and O–H groups in total. The smallest absolute Gasteiger partial charge is 0.107 e. The van der Waals surface area contributed by atoms with Crippen LogP contribution in [0.4, 0.5) is 0 Å². The molecule has 1 aromatic carbocycles. The Balaban J connectivity index is 2.20. The van der Waals surface area contributed by atoms with E-state index in [0.29, 0.717) is 6.04 Å². The van der Waals surface area contributed by atoms with E-state index in [4.69, 9.17) is 0 Å². The zero-order chi connectivity index (χ0) is 11.1. The van der Waals surface area contributed by atoms with E-state index in [9.17, 15) is 0 Å². The summed E-state index contributed by atoms with van der Waals surface area (Å²) in [6.07, 6.45) is 1.21. The Morgan fingerprint density at radius 3 is 3.00 bits per heavy atom. The summed E-state index contributed by atoms with van der Waals surface area (Å²) in [6, 6.07) is 7.07. The molecule has 16 heavy (non-hydrogen) atoms. The number of imidazole rings is 1. The number of benzene rings is 1. The van der Waals surface area contributed by atoms with Crippen LogP contribution >= 0.6 is 0 Å². The van der Waals surface area contributed by atoms with Gasteiger partial charge in [-0.25, -0.2) is 4.98 Å². The van der Waals surface area contributed by atoms with Crippen LogP contribution in [0, 0.1) is 13.8 Å². The van der Waals surface area contributed by atoms with Crippen LogP contribution in [0.2, 0.25) is 0 Å². The third kappa shape index (κ3) is 1.43. The van der Waals surface area contributed by atoms with Crippen molar-refractivity contribution in [3.63, 3.8) is 0 Å². The van der Waals surface area contributed by atoms with Crippen LogP contribution in [0.5, 0.6) is 0 Å². The Morgan fingerprint density at radius 1 is 1.38 bits per heavy atom. The SMILES string of the molecule is Cc1ccc2nc(C)n(C3CCNC3)c2c1. The van der Waals surface area contributed by atoms with Crippen molar-refractivity contribution in [2.75, 3.05) is 13.1 Å². The number of hydrogen-bond acceptors (Lipinski definition) is 2. The molecule has 1 atom stereocenters. The number of nitrogens with one attached hydrogen (secondary N) is 1. The van der Waals surface area contributed by atoms with Gasteiger partial charge in [-0.15, -0.1) is 0 Å². The van der Waals surface area contributed by atoms with Crippen LogP contribution in [-0.4, -0.2) is 22.6 Å². The van der Waals surface area contributed by atoms with Crippen molar-refractivity contribution in [2.45, 2.75) is 26.3 Å². The second-order valence-corrected chi connectivity index (χ2v) is 4.67. The van der Waals surface area contributed by atoms with Crippen molar-refractivity contribution in [2.24, 2.45) is 0 Å². The van der Waals surface area contributed by atoms with Crippen molar-refractivity contribution in [3.05, 3.63) is 29.6 Å². The normalized spacial score (nSPS) is 20.8. The Kier molecular flexibility index (Phi) is 2.21. The van der Waals surface area contributed by atoms with Gasteiger partial charge in [0, 0.05) is 12.6 Å². The van der Waals surface area contributed by atoms with Gasteiger partial charge in [0.15, 0.2) is 0 Å². The van der Waals surface area contributed by atoms with Crippen molar-refractivity contribution in [1.82, 2.24) is 14.9 Å². The minimum Gasteiger partial charge on any atom is -0.324 e. The fourth-order valence-electron chi connectivity index (χ4n) is 2.64. The second-order valence-electron chi connectivity index (χ2n) is 4.67. The molecule has 1 fully saturated rings. The van der Waals surface area contributed by atoms with Crippen LogP contribution in [0.3, 0.4) is 0 Å². The Hall–Kier alpha value is -1.35. The number of hydrogen-bond donors (Lipinski definition) is 1. The summed E-state index contributed by atoms with van der Waals surface area (Å²) in [5.74, 6) is 1.13. The summed E-state index contributed by atoms with van der Waals surface area (Å²) in [5.41, 5.74) is 3.71. The van der Waals surface area contributed by atoms with Gasteiger partial charge >= 0.3 is 0 Å². The van der Waals surface area contributed by atoms with Gasteiger partial charge in [-0.2, -0.15) is 0 Å². The molecule has 2 heterocycles. The van der Waals surface area contributed by atoms with Gasteiger partial charge in [0.2, 0.25) is 0 Å². The quantitative estimate of drug-likeness (QED) is 0.790. The molecule has 3 rings (SSSR count). The minimum atomic E-state index is 0.576. The Morgan fingerprint density at radius 2 is 2.25 bits per heavy atom. The third-order valence-corrected chi connectivity index (χ3v) is 3.42. The molecule has 1 saturated heterocycles. The van der Waals surface area contributed by atoms with E-state index in [1.165, 1.54) is 17.5 Å². The van der Waals surface area contributed by atoms with Crippen LogP contribution in [0.15, 0.2) is 18.2 Å². The predicted molar refractivity (Wildman–Crippen MR) is 65.7 cm³/mol. The fourth-order valence-corrected chi connectivity index (χ4v) is 2.64. The van der Waals surface area contributed by atoms with Crippen molar-refractivity contribution in [3.8, 4) is 0 Å². The highest BCUT2D eigenvalue weighted by Crippen LogP contribution is 2.25. The van der Waals surface area contributed by atoms with Crippen LogP contribution in [-0.2, 0) is 0 Å². The number of aryl methyl sites for hydroxylation is 2.